The Morgan fingerprint density at radius 1 is 1.29 bits per heavy atom. The van der Waals surface area contributed by atoms with E-state index in [1.165, 1.54) is 7.11 Å². The topological polar surface area (TPSA) is 85.8 Å². The van der Waals surface area contributed by atoms with Crippen molar-refractivity contribution in [2.75, 3.05) is 18.6 Å². The summed E-state index contributed by atoms with van der Waals surface area (Å²) in [5.74, 6) is -0.226. The fraction of sp³-hybridized carbons (Fsp3) is 0.333. The Morgan fingerprint density at radius 3 is 2.75 bits per heavy atom. The van der Waals surface area contributed by atoms with Gasteiger partial charge in [-0.25, -0.2) is 4.79 Å². The van der Waals surface area contributed by atoms with Gasteiger partial charge in [0.2, 0.25) is 11.7 Å². The zero-order valence-corrected chi connectivity index (χ0v) is 13.7. The number of hydrogen-bond acceptors (Lipinski definition) is 5. The van der Waals surface area contributed by atoms with E-state index in [1.54, 1.807) is 12.1 Å². The molecule has 2 heterocycles. The molecule has 126 valence electrons. The third-order valence-corrected chi connectivity index (χ3v) is 4.52. The first-order valence-corrected chi connectivity index (χ1v) is 7.86. The van der Waals surface area contributed by atoms with Gasteiger partial charge in [0.15, 0.2) is 0 Å². The zero-order chi connectivity index (χ0) is 17.3. The molecule has 1 aliphatic heterocycles. The number of methoxy groups -OCH3 is 1. The molecule has 0 aliphatic carbocycles. The van der Waals surface area contributed by atoms with Crippen LogP contribution in [0.1, 0.15) is 47.2 Å². The molecule has 6 nitrogen and oxygen atoms in total. The summed E-state index contributed by atoms with van der Waals surface area (Å²) in [4.78, 5) is 25.4. The van der Waals surface area contributed by atoms with Crippen molar-refractivity contribution in [2.45, 2.75) is 25.3 Å². The lowest BCUT2D eigenvalue weighted by atomic mass is 9.88. The Balaban J connectivity index is 1.92. The zero-order valence-electron chi connectivity index (χ0n) is 13.7. The normalized spacial score (nSPS) is 17.9. The average Bonchev–Trinajstić information content (AvgIpc) is 3.09. The van der Waals surface area contributed by atoms with Crippen LogP contribution in [0.15, 0.2) is 40.8 Å². The molecule has 0 saturated heterocycles. The third-order valence-electron chi connectivity index (χ3n) is 4.52. The number of amides is 1. The summed E-state index contributed by atoms with van der Waals surface area (Å²) in [6, 6.07) is 11.1. The molecule has 24 heavy (non-hydrogen) atoms. The van der Waals surface area contributed by atoms with Gasteiger partial charge in [-0.2, -0.15) is 0 Å². The van der Waals surface area contributed by atoms with Crippen LogP contribution in [0.25, 0.3) is 0 Å². The molecule has 2 atom stereocenters. The Bertz CT molecular complexity index is 768. The van der Waals surface area contributed by atoms with Crippen molar-refractivity contribution in [2.24, 2.45) is 5.73 Å². The monoisotopic (exact) mass is 328 g/mol. The lowest BCUT2D eigenvalue weighted by molar-refractivity contribution is -0.119. The SMILES string of the molecule is COC(=O)c1ccc(C(C)N2CCC(C(N)=O)c3ccccc32)o1. The van der Waals surface area contributed by atoms with Gasteiger partial charge in [0.25, 0.3) is 0 Å². The number of hydrogen-bond donors (Lipinski definition) is 1. The molecule has 1 aromatic carbocycles. The van der Waals surface area contributed by atoms with Gasteiger partial charge in [-0.3, -0.25) is 4.79 Å². The Hall–Kier alpha value is -2.76. The smallest absolute Gasteiger partial charge is 0.373 e. The molecule has 3 rings (SSSR count). The predicted octanol–water partition coefficient (Wildman–Crippen LogP) is 2.61. The lowest BCUT2D eigenvalue weighted by Crippen LogP contribution is -2.37. The number of fused-ring (bicyclic) bond motifs is 1. The second-order valence-electron chi connectivity index (χ2n) is 5.87. The van der Waals surface area contributed by atoms with Crippen molar-refractivity contribution in [1.29, 1.82) is 0 Å². The minimum atomic E-state index is -0.499. The Morgan fingerprint density at radius 2 is 2.04 bits per heavy atom. The van der Waals surface area contributed by atoms with Crippen molar-refractivity contribution >= 4 is 17.6 Å². The Kier molecular flexibility index (Phi) is 4.29. The number of ether oxygens (including phenoxy) is 1. The van der Waals surface area contributed by atoms with Crippen LogP contribution in [0.3, 0.4) is 0 Å². The number of nitrogens with two attached hydrogens (primary N) is 1. The van der Waals surface area contributed by atoms with Gasteiger partial charge in [0.05, 0.1) is 19.1 Å². The molecule has 0 radical (unpaired) electrons. The van der Waals surface area contributed by atoms with Gasteiger partial charge in [0.1, 0.15) is 5.76 Å². The van der Waals surface area contributed by atoms with Gasteiger partial charge in [-0.15, -0.1) is 0 Å². The van der Waals surface area contributed by atoms with E-state index < -0.39 is 5.97 Å². The Labute approximate surface area is 140 Å². The quantitative estimate of drug-likeness (QED) is 0.872. The summed E-state index contributed by atoms with van der Waals surface area (Å²) in [6.07, 6.45) is 0.654. The maximum atomic E-state index is 11.7. The van der Waals surface area contributed by atoms with Gasteiger partial charge >= 0.3 is 5.97 Å². The molecule has 1 aromatic heterocycles. The third kappa shape index (κ3) is 2.75. The molecule has 6 heteroatoms. The number of benzene rings is 1. The van der Waals surface area contributed by atoms with Crippen LogP contribution in [0, 0.1) is 0 Å². The van der Waals surface area contributed by atoms with Crippen LogP contribution in [0.5, 0.6) is 0 Å². The molecule has 2 N–H and O–H groups in total. The summed E-state index contributed by atoms with van der Waals surface area (Å²) in [7, 11) is 1.32. The number of carbonyl (C=O) groups excluding carboxylic acids is 2. The van der Waals surface area contributed by atoms with Crippen molar-refractivity contribution < 1.29 is 18.7 Å². The first-order valence-electron chi connectivity index (χ1n) is 7.86. The largest absolute Gasteiger partial charge is 0.463 e. The number of para-hydroxylation sites is 1. The minimum absolute atomic E-state index is 0.0848. The fourth-order valence-electron chi connectivity index (χ4n) is 3.23. The summed E-state index contributed by atoms with van der Waals surface area (Å²) in [5, 5.41) is 0. The van der Waals surface area contributed by atoms with E-state index in [0.717, 1.165) is 11.3 Å². The highest BCUT2D eigenvalue weighted by Crippen LogP contribution is 2.39. The number of nitrogens with zero attached hydrogens (tertiary/aromatic N) is 1. The number of rotatable bonds is 4. The van der Waals surface area contributed by atoms with E-state index in [4.69, 9.17) is 10.2 Å². The average molecular weight is 328 g/mol. The summed E-state index contributed by atoms with van der Waals surface area (Å²) >= 11 is 0. The summed E-state index contributed by atoms with van der Waals surface area (Å²) < 4.78 is 10.3. The van der Waals surface area contributed by atoms with Crippen molar-refractivity contribution in [3.05, 3.63) is 53.5 Å². The minimum Gasteiger partial charge on any atom is -0.463 e. The van der Waals surface area contributed by atoms with E-state index in [1.807, 2.05) is 31.2 Å². The van der Waals surface area contributed by atoms with Crippen molar-refractivity contribution in [3.63, 3.8) is 0 Å². The molecule has 2 unspecified atom stereocenters. The van der Waals surface area contributed by atoms with E-state index in [9.17, 15) is 9.59 Å². The predicted molar refractivity (Wildman–Crippen MR) is 88.8 cm³/mol. The van der Waals surface area contributed by atoms with Crippen LogP contribution >= 0.6 is 0 Å². The van der Waals surface area contributed by atoms with Gasteiger partial charge in [-0.05, 0) is 37.1 Å². The van der Waals surface area contributed by atoms with Crippen LogP contribution < -0.4 is 10.6 Å². The molecular formula is C18H20N2O4. The second kappa shape index (κ2) is 6.39. The highest BCUT2D eigenvalue weighted by molar-refractivity contribution is 5.86. The van der Waals surface area contributed by atoms with E-state index in [0.29, 0.717) is 18.7 Å². The first kappa shape index (κ1) is 16.1. The molecule has 0 bridgehead atoms. The highest BCUT2D eigenvalue weighted by Gasteiger charge is 2.32. The van der Waals surface area contributed by atoms with Crippen molar-refractivity contribution in [1.82, 2.24) is 0 Å². The maximum absolute atomic E-state index is 11.7. The van der Waals surface area contributed by atoms with Crippen molar-refractivity contribution in [3.8, 4) is 0 Å². The van der Waals surface area contributed by atoms with E-state index >= 15 is 0 Å². The van der Waals surface area contributed by atoms with Gasteiger partial charge in [0, 0.05) is 12.2 Å². The molecule has 0 saturated carbocycles. The number of anilines is 1. The maximum Gasteiger partial charge on any atom is 0.373 e. The second-order valence-corrected chi connectivity index (χ2v) is 5.87. The summed E-state index contributed by atoms with van der Waals surface area (Å²) in [6.45, 7) is 2.68. The molecular weight excluding hydrogens is 308 g/mol. The standard InChI is InChI=1S/C18H20N2O4/c1-11(15-7-8-16(24-15)18(22)23-2)20-10-9-13(17(19)21)12-5-3-4-6-14(12)20/h3-8,11,13H,9-10H2,1-2H3,(H2,19,21). The summed E-state index contributed by atoms with van der Waals surface area (Å²) in [5.41, 5.74) is 7.44. The molecule has 0 fully saturated rings. The number of primary amides is 1. The van der Waals surface area contributed by atoms with Crippen LogP contribution in [0.4, 0.5) is 5.69 Å². The van der Waals surface area contributed by atoms with Crippen LogP contribution in [0.2, 0.25) is 0 Å². The molecule has 1 aliphatic rings. The number of esters is 1. The lowest BCUT2D eigenvalue weighted by Gasteiger charge is -2.37. The van der Waals surface area contributed by atoms with Crippen LogP contribution in [-0.4, -0.2) is 25.5 Å². The molecule has 1 amide bonds. The number of carbonyl (C=O) groups is 2. The van der Waals surface area contributed by atoms with Crippen LogP contribution in [-0.2, 0) is 9.53 Å². The molecule has 0 spiro atoms. The first-order chi connectivity index (χ1) is 11.5. The van der Waals surface area contributed by atoms with Gasteiger partial charge in [-0.1, -0.05) is 18.2 Å². The fourth-order valence-corrected chi connectivity index (χ4v) is 3.23. The highest BCUT2D eigenvalue weighted by atomic mass is 16.5. The van der Waals surface area contributed by atoms with Gasteiger partial charge < -0.3 is 19.8 Å². The van der Waals surface area contributed by atoms with E-state index in [-0.39, 0.29) is 23.6 Å². The number of furan rings is 1. The van der Waals surface area contributed by atoms with E-state index in [2.05, 4.69) is 9.64 Å². The molecule has 2 aromatic rings.